The summed E-state index contributed by atoms with van der Waals surface area (Å²) >= 11 is 0. The molecule has 1 unspecified atom stereocenters. The highest BCUT2D eigenvalue weighted by atomic mass is 32.2. The van der Waals surface area contributed by atoms with Crippen LogP contribution in [0.3, 0.4) is 0 Å². The quantitative estimate of drug-likeness (QED) is 0.622. The number of nitrogens with two attached hydrogens (primary N) is 1. The van der Waals surface area contributed by atoms with E-state index in [1.54, 1.807) is 0 Å². The fraction of sp³-hybridized carbons (Fsp3) is 1.00. The average molecular weight is 213 g/mol. The van der Waals surface area contributed by atoms with Crippen molar-refractivity contribution >= 4 is 20.6 Å². The second-order valence-electron chi connectivity index (χ2n) is 2.62. The van der Waals surface area contributed by atoms with Gasteiger partial charge in [-0.3, -0.25) is 4.21 Å². The normalized spacial score (nSPS) is 14.5. The van der Waals surface area contributed by atoms with Gasteiger partial charge in [0.15, 0.2) is 0 Å². The zero-order chi connectivity index (χ0) is 9.61. The van der Waals surface area contributed by atoms with Crippen LogP contribution in [0.5, 0.6) is 0 Å². The third-order valence-electron chi connectivity index (χ3n) is 1.23. The first-order valence-corrected chi connectivity index (χ1v) is 7.23. The summed E-state index contributed by atoms with van der Waals surface area (Å²) in [7, 11) is -3.84. The summed E-state index contributed by atoms with van der Waals surface area (Å²) in [6.45, 7) is 0.394. The molecule has 0 aromatic carbocycles. The van der Waals surface area contributed by atoms with E-state index in [1.165, 1.54) is 6.26 Å². The van der Waals surface area contributed by atoms with Gasteiger partial charge < -0.3 is 5.73 Å². The standard InChI is InChI=1S/C6H15NO3S2/c1-12(9,10)6-2-4-11(8)5-3-7/h2-7H2,1H3. The van der Waals surface area contributed by atoms with Crippen LogP contribution < -0.4 is 5.73 Å². The van der Waals surface area contributed by atoms with Gasteiger partial charge in [0.25, 0.3) is 0 Å². The molecule has 1 atom stereocenters. The largest absolute Gasteiger partial charge is 0.330 e. The number of hydrogen-bond acceptors (Lipinski definition) is 4. The van der Waals surface area contributed by atoms with Crippen molar-refractivity contribution in [3.05, 3.63) is 0 Å². The number of sulfone groups is 1. The Morgan fingerprint density at radius 3 is 2.33 bits per heavy atom. The molecule has 0 saturated carbocycles. The minimum absolute atomic E-state index is 0.114. The van der Waals surface area contributed by atoms with Crippen LogP contribution in [-0.2, 0) is 20.6 Å². The van der Waals surface area contributed by atoms with Gasteiger partial charge in [-0.05, 0) is 6.42 Å². The van der Waals surface area contributed by atoms with Gasteiger partial charge in [-0.25, -0.2) is 8.42 Å². The van der Waals surface area contributed by atoms with Crippen LogP contribution in [-0.4, -0.2) is 42.7 Å². The first-order chi connectivity index (χ1) is 5.45. The van der Waals surface area contributed by atoms with E-state index >= 15 is 0 Å². The Balaban J connectivity index is 3.51. The lowest BCUT2D eigenvalue weighted by Crippen LogP contribution is -2.14. The third kappa shape index (κ3) is 8.16. The summed E-state index contributed by atoms with van der Waals surface area (Å²) in [4.78, 5) is 0. The molecule has 6 heteroatoms. The molecule has 0 radical (unpaired) electrons. The van der Waals surface area contributed by atoms with Crippen LogP contribution in [0.15, 0.2) is 0 Å². The molecule has 0 aliphatic rings. The van der Waals surface area contributed by atoms with Crippen LogP contribution in [0.4, 0.5) is 0 Å². The van der Waals surface area contributed by atoms with E-state index < -0.39 is 20.6 Å². The summed E-state index contributed by atoms with van der Waals surface area (Å²) in [6.07, 6.45) is 1.64. The molecule has 0 aliphatic heterocycles. The molecule has 0 saturated heterocycles. The predicted molar refractivity (Wildman–Crippen MR) is 51.3 cm³/mol. The van der Waals surface area contributed by atoms with Crippen LogP contribution in [0.1, 0.15) is 6.42 Å². The maximum absolute atomic E-state index is 11.0. The lowest BCUT2D eigenvalue weighted by molar-refractivity contribution is 0.600. The molecule has 0 spiro atoms. The molecule has 2 N–H and O–H groups in total. The van der Waals surface area contributed by atoms with Gasteiger partial charge in [0.2, 0.25) is 0 Å². The smallest absolute Gasteiger partial charge is 0.147 e. The van der Waals surface area contributed by atoms with Crippen molar-refractivity contribution in [1.82, 2.24) is 0 Å². The van der Waals surface area contributed by atoms with E-state index in [0.29, 0.717) is 24.5 Å². The summed E-state index contributed by atoms with van der Waals surface area (Å²) in [5.74, 6) is 1.01. The predicted octanol–water partition coefficient (Wildman–Crippen LogP) is -0.871. The van der Waals surface area contributed by atoms with E-state index in [-0.39, 0.29) is 5.75 Å². The van der Waals surface area contributed by atoms with Gasteiger partial charge in [-0.1, -0.05) is 0 Å². The first kappa shape index (κ1) is 12.1. The Hall–Kier alpha value is 0.0600. The van der Waals surface area contributed by atoms with Gasteiger partial charge >= 0.3 is 0 Å². The van der Waals surface area contributed by atoms with Gasteiger partial charge in [0.05, 0.1) is 5.75 Å². The maximum atomic E-state index is 11.0. The van der Waals surface area contributed by atoms with Gasteiger partial charge in [0.1, 0.15) is 9.84 Å². The summed E-state index contributed by atoms with van der Waals surface area (Å²) in [5.41, 5.74) is 5.18. The number of hydrogen-bond donors (Lipinski definition) is 1. The fourth-order valence-corrected chi connectivity index (χ4v) is 2.50. The van der Waals surface area contributed by atoms with Crippen LogP contribution >= 0.6 is 0 Å². The monoisotopic (exact) mass is 213 g/mol. The van der Waals surface area contributed by atoms with Crippen molar-refractivity contribution in [2.24, 2.45) is 5.73 Å². The molecule has 0 heterocycles. The molecular formula is C6H15NO3S2. The molecular weight excluding hydrogens is 198 g/mol. The minimum Gasteiger partial charge on any atom is -0.330 e. The van der Waals surface area contributed by atoms with E-state index in [9.17, 15) is 12.6 Å². The summed E-state index contributed by atoms with van der Waals surface area (Å²) in [5, 5.41) is 0. The van der Waals surface area contributed by atoms with E-state index in [0.717, 1.165) is 0 Å². The summed E-state index contributed by atoms with van der Waals surface area (Å²) in [6, 6.07) is 0. The highest BCUT2D eigenvalue weighted by Gasteiger charge is 2.03. The summed E-state index contributed by atoms with van der Waals surface area (Å²) < 4.78 is 32.3. The Labute approximate surface area is 75.9 Å². The molecule has 0 bridgehead atoms. The van der Waals surface area contributed by atoms with E-state index in [2.05, 4.69) is 0 Å². The second-order valence-corrected chi connectivity index (χ2v) is 6.58. The maximum Gasteiger partial charge on any atom is 0.147 e. The Morgan fingerprint density at radius 1 is 1.33 bits per heavy atom. The topological polar surface area (TPSA) is 77.2 Å². The Bertz CT molecular complexity index is 235. The van der Waals surface area contributed by atoms with Crippen molar-refractivity contribution in [3.8, 4) is 0 Å². The lowest BCUT2D eigenvalue weighted by Gasteiger charge is -1.98. The number of rotatable bonds is 6. The fourth-order valence-electron chi connectivity index (χ4n) is 0.716. The van der Waals surface area contributed by atoms with Crippen LogP contribution in [0.25, 0.3) is 0 Å². The van der Waals surface area contributed by atoms with E-state index in [1.807, 2.05) is 0 Å². The highest BCUT2D eigenvalue weighted by molar-refractivity contribution is 7.90. The lowest BCUT2D eigenvalue weighted by atomic mass is 10.6. The second kappa shape index (κ2) is 5.66. The zero-order valence-electron chi connectivity index (χ0n) is 7.15. The van der Waals surface area contributed by atoms with Crippen molar-refractivity contribution in [2.75, 3.05) is 30.1 Å². The minimum atomic E-state index is -2.90. The van der Waals surface area contributed by atoms with Crippen molar-refractivity contribution in [1.29, 1.82) is 0 Å². The molecule has 74 valence electrons. The van der Waals surface area contributed by atoms with Crippen molar-refractivity contribution < 1.29 is 12.6 Å². The van der Waals surface area contributed by atoms with Gasteiger partial charge in [0, 0.05) is 35.1 Å². The van der Waals surface area contributed by atoms with Crippen molar-refractivity contribution in [3.63, 3.8) is 0 Å². The molecule has 0 aromatic rings. The molecule has 4 nitrogen and oxygen atoms in total. The van der Waals surface area contributed by atoms with Gasteiger partial charge in [-0.2, -0.15) is 0 Å². The molecule has 0 aliphatic carbocycles. The van der Waals surface area contributed by atoms with Crippen molar-refractivity contribution in [2.45, 2.75) is 6.42 Å². The van der Waals surface area contributed by atoms with Gasteiger partial charge in [-0.15, -0.1) is 0 Å². The molecule has 0 fully saturated rings. The third-order valence-corrected chi connectivity index (χ3v) is 3.70. The average Bonchev–Trinajstić information content (AvgIpc) is 1.84. The molecule has 0 amide bonds. The Morgan fingerprint density at radius 2 is 1.92 bits per heavy atom. The molecule has 0 aromatic heterocycles. The Kier molecular flexibility index (Phi) is 5.69. The highest BCUT2D eigenvalue weighted by Crippen LogP contribution is 1.92. The first-order valence-electron chi connectivity index (χ1n) is 3.68. The van der Waals surface area contributed by atoms with Crippen LogP contribution in [0, 0.1) is 0 Å². The SMILES string of the molecule is CS(=O)(=O)CCCS(=O)CCN. The zero-order valence-corrected chi connectivity index (χ0v) is 8.79. The molecule has 12 heavy (non-hydrogen) atoms. The van der Waals surface area contributed by atoms with Crippen LogP contribution in [0.2, 0.25) is 0 Å². The van der Waals surface area contributed by atoms with E-state index in [4.69, 9.17) is 5.73 Å². The molecule has 0 rings (SSSR count).